The summed E-state index contributed by atoms with van der Waals surface area (Å²) in [6, 6.07) is 4.91. The van der Waals surface area contributed by atoms with E-state index >= 15 is 0 Å². The van der Waals surface area contributed by atoms with Crippen molar-refractivity contribution in [3.63, 3.8) is 0 Å². The molecule has 4 nitrogen and oxygen atoms in total. The van der Waals surface area contributed by atoms with Crippen LogP contribution in [0.1, 0.15) is 5.56 Å². The third kappa shape index (κ3) is 2.13. The number of nitriles is 1. The van der Waals surface area contributed by atoms with Crippen molar-refractivity contribution < 1.29 is 0 Å². The molecular weight excluding hydrogens is 255 g/mol. The van der Waals surface area contributed by atoms with E-state index in [-0.39, 0.29) is 5.02 Å². The highest BCUT2D eigenvalue weighted by molar-refractivity contribution is 9.10. The zero-order valence-corrected chi connectivity index (χ0v) is 8.54. The van der Waals surface area contributed by atoms with Crippen molar-refractivity contribution >= 4 is 33.2 Å². The van der Waals surface area contributed by atoms with Crippen molar-refractivity contribution in [3.05, 3.63) is 37.6 Å². The summed E-state index contributed by atoms with van der Waals surface area (Å²) in [7, 11) is 0. The molecule has 1 aromatic rings. The van der Waals surface area contributed by atoms with Crippen molar-refractivity contribution in [1.29, 1.82) is 5.26 Å². The van der Waals surface area contributed by atoms with Gasteiger partial charge < -0.3 is 0 Å². The van der Waals surface area contributed by atoms with E-state index in [9.17, 15) is 0 Å². The number of rotatable bonds is 1. The van der Waals surface area contributed by atoms with Crippen LogP contribution in [0.5, 0.6) is 0 Å². The molecule has 64 valence electrons. The second-order valence-corrected chi connectivity index (χ2v) is 3.35. The van der Waals surface area contributed by atoms with Crippen LogP contribution in [0, 0.1) is 11.3 Å². The van der Waals surface area contributed by atoms with Crippen molar-refractivity contribution in [2.24, 2.45) is 5.11 Å². The molecule has 0 saturated carbocycles. The van der Waals surface area contributed by atoms with Crippen molar-refractivity contribution in [2.75, 3.05) is 0 Å². The lowest BCUT2D eigenvalue weighted by Crippen LogP contribution is -1.76. The van der Waals surface area contributed by atoms with E-state index in [0.717, 1.165) is 0 Å². The SMILES string of the molecule is N#Cc1cc(Cl)c(N=[N+]=[N-])c(Br)c1. The van der Waals surface area contributed by atoms with Crippen LogP contribution in [0.15, 0.2) is 21.7 Å². The third-order valence-electron chi connectivity index (χ3n) is 1.29. The van der Waals surface area contributed by atoms with Gasteiger partial charge in [-0.05, 0) is 17.7 Å². The lowest BCUT2D eigenvalue weighted by atomic mass is 10.2. The fourth-order valence-electron chi connectivity index (χ4n) is 0.770. The Labute approximate surface area is 87.5 Å². The largest absolute Gasteiger partial charge is 0.192 e. The fourth-order valence-corrected chi connectivity index (χ4v) is 1.68. The van der Waals surface area contributed by atoms with Crippen LogP contribution in [-0.4, -0.2) is 0 Å². The van der Waals surface area contributed by atoms with Crippen LogP contribution < -0.4 is 0 Å². The minimum absolute atomic E-state index is 0.253. The number of hydrogen-bond acceptors (Lipinski definition) is 2. The summed E-state index contributed by atoms with van der Waals surface area (Å²) in [5.74, 6) is 0. The van der Waals surface area contributed by atoms with E-state index in [1.54, 1.807) is 0 Å². The second kappa shape index (κ2) is 4.15. The molecule has 0 aliphatic carbocycles. The van der Waals surface area contributed by atoms with Crippen LogP contribution >= 0.6 is 27.5 Å². The summed E-state index contributed by atoms with van der Waals surface area (Å²) in [4.78, 5) is 2.61. The molecule has 0 aliphatic heterocycles. The minimum atomic E-state index is 0.253. The summed E-state index contributed by atoms with van der Waals surface area (Å²) in [5.41, 5.74) is 8.91. The fraction of sp³-hybridized carbons (Fsp3) is 0. The smallest absolute Gasteiger partial charge is 0.0992 e. The van der Waals surface area contributed by atoms with E-state index in [1.807, 2.05) is 6.07 Å². The number of nitrogens with zero attached hydrogens (tertiary/aromatic N) is 4. The molecule has 0 N–H and O–H groups in total. The standard InChI is InChI=1S/C7H2BrClN4/c8-5-1-4(3-10)2-6(9)7(5)12-13-11/h1-2H. The first-order valence-corrected chi connectivity index (χ1v) is 4.30. The highest BCUT2D eigenvalue weighted by Crippen LogP contribution is 2.34. The van der Waals surface area contributed by atoms with Gasteiger partial charge in [0.2, 0.25) is 0 Å². The van der Waals surface area contributed by atoms with Gasteiger partial charge in [-0.2, -0.15) is 5.26 Å². The number of halogens is 2. The van der Waals surface area contributed by atoms with Gasteiger partial charge in [-0.15, -0.1) is 0 Å². The summed E-state index contributed by atoms with van der Waals surface area (Å²) in [6.45, 7) is 0. The molecule has 0 spiro atoms. The minimum Gasteiger partial charge on any atom is -0.192 e. The monoisotopic (exact) mass is 256 g/mol. The highest BCUT2D eigenvalue weighted by atomic mass is 79.9. The van der Waals surface area contributed by atoms with Gasteiger partial charge in [0.05, 0.1) is 22.3 Å². The first-order valence-electron chi connectivity index (χ1n) is 3.13. The number of azide groups is 1. The van der Waals surface area contributed by atoms with E-state index in [2.05, 4.69) is 26.0 Å². The van der Waals surface area contributed by atoms with Crippen LogP contribution in [0.3, 0.4) is 0 Å². The highest BCUT2D eigenvalue weighted by Gasteiger charge is 2.05. The zero-order chi connectivity index (χ0) is 9.84. The molecule has 0 fully saturated rings. The van der Waals surface area contributed by atoms with E-state index in [4.69, 9.17) is 22.4 Å². The van der Waals surface area contributed by atoms with Gasteiger partial charge in [0.15, 0.2) is 0 Å². The Morgan fingerprint density at radius 1 is 1.62 bits per heavy atom. The van der Waals surface area contributed by atoms with Crippen molar-refractivity contribution in [2.45, 2.75) is 0 Å². The molecule has 0 unspecified atom stereocenters. The average Bonchev–Trinajstić information content (AvgIpc) is 2.11. The Hall–Kier alpha value is -1.21. The lowest BCUT2D eigenvalue weighted by molar-refractivity contribution is 1.42. The second-order valence-electron chi connectivity index (χ2n) is 2.09. The van der Waals surface area contributed by atoms with Gasteiger partial charge in [-0.1, -0.05) is 32.6 Å². The Balaban J connectivity index is 3.41. The molecule has 0 saturated heterocycles. The molecule has 1 aromatic carbocycles. The van der Waals surface area contributed by atoms with Gasteiger partial charge in [0.25, 0.3) is 0 Å². The van der Waals surface area contributed by atoms with Crippen molar-refractivity contribution in [3.8, 4) is 6.07 Å². The molecular formula is C7H2BrClN4. The van der Waals surface area contributed by atoms with Gasteiger partial charge in [0.1, 0.15) is 0 Å². The quantitative estimate of drug-likeness (QED) is 0.427. The maximum atomic E-state index is 8.57. The predicted molar refractivity (Wildman–Crippen MR) is 52.7 cm³/mol. The molecule has 0 heterocycles. The van der Waals surface area contributed by atoms with Crippen molar-refractivity contribution in [1.82, 2.24) is 0 Å². The predicted octanol–water partition coefficient (Wildman–Crippen LogP) is 3.92. The average molecular weight is 257 g/mol. The Kier molecular flexibility index (Phi) is 3.15. The molecule has 1 rings (SSSR count). The number of benzene rings is 1. The molecule has 0 atom stereocenters. The van der Waals surface area contributed by atoms with E-state index < -0.39 is 0 Å². The molecule has 6 heteroatoms. The molecule has 0 radical (unpaired) electrons. The van der Waals surface area contributed by atoms with Gasteiger partial charge >= 0.3 is 0 Å². The first kappa shape index (κ1) is 9.87. The summed E-state index contributed by atoms with van der Waals surface area (Å²) in [5, 5.41) is 12.2. The topological polar surface area (TPSA) is 72.5 Å². The maximum Gasteiger partial charge on any atom is 0.0992 e. The Bertz CT molecular complexity index is 408. The van der Waals surface area contributed by atoms with E-state index in [0.29, 0.717) is 15.7 Å². The van der Waals surface area contributed by atoms with Gasteiger partial charge in [-0.25, -0.2) is 0 Å². The summed E-state index contributed by atoms with van der Waals surface area (Å²) >= 11 is 8.89. The molecule has 0 amide bonds. The third-order valence-corrected chi connectivity index (χ3v) is 2.18. The van der Waals surface area contributed by atoms with Gasteiger partial charge in [0, 0.05) is 9.38 Å². The first-order chi connectivity index (χ1) is 6.19. The molecule has 0 aliphatic rings. The Morgan fingerprint density at radius 3 is 2.77 bits per heavy atom. The van der Waals surface area contributed by atoms with Crippen LogP contribution in [0.4, 0.5) is 5.69 Å². The van der Waals surface area contributed by atoms with E-state index in [1.165, 1.54) is 12.1 Å². The zero-order valence-electron chi connectivity index (χ0n) is 6.20. The summed E-state index contributed by atoms with van der Waals surface area (Å²) in [6.07, 6.45) is 0. The molecule has 13 heavy (non-hydrogen) atoms. The molecule has 0 bridgehead atoms. The van der Waals surface area contributed by atoms with Crippen LogP contribution in [-0.2, 0) is 0 Å². The lowest BCUT2D eigenvalue weighted by Gasteiger charge is -2.00. The molecule has 0 aromatic heterocycles. The number of hydrogen-bond donors (Lipinski definition) is 0. The van der Waals surface area contributed by atoms with Crippen LogP contribution in [0.25, 0.3) is 10.4 Å². The van der Waals surface area contributed by atoms with Gasteiger partial charge in [-0.3, -0.25) is 0 Å². The normalized spacial score (nSPS) is 8.69. The van der Waals surface area contributed by atoms with Crippen LogP contribution in [0.2, 0.25) is 5.02 Å². The Morgan fingerprint density at radius 2 is 2.31 bits per heavy atom. The summed E-state index contributed by atoms with van der Waals surface area (Å²) < 4.78 is 0.509. The maximum absolute atomic E-state index is 8.57.